The molecule has 1 aliphatic carbocycles. The van der Waals surface area contributed by atoms with Gasteiger partial charge in [0.15, 0.2) is 0 Å². The van der Waals surface area contributed by atoms with Crippen molar-refractivity contribution < 1.29 is 4.79 Å². The first kappa shape index (κ1) is 9.06. The highest BCUT2D eigenvalue weighted by atomic mass is 16.2. The molecule has 0 bridgehead atoms. The molecule has 3 nitrogen and oxygen atoms in total. The van der Waals surface area contributed by atoms with Crippen molar-refractivity contribution in [2.24, 2.45) is 5.92 Å². The van der Waals surface area contributed by atoms with Crippen molar-refractivity contribution in [1.82, 2.24) is 5.32 Å². The van der Waals surface area contributed by atoms with Crippen LogP contribution in [0.4, 0.5) is 5.69 Å². The summed E-state index contributed by atoms with van der Waals surface area (Å²) in [5.41, 5.74) is 7.42. The second-order valence-corrected chi connectivity index (χ2v) is 3.74. The van der Waals surface area contributed by atoms with Gasteiger partial charge in [-0.2, -0.15) is 0 Å². The third-order valence-corrected chi connectivity index (χ3v) is 2.37. The quantitative estimate of drug-likeness (QED) is 0.706. The maximum absolute atomic E-state index is 11.3. The molecule has 0 unspecified atom stereocenters. The lowest BCUT2D eigenvalue weighted by Gasteiger charge is -2.04. The Morgan fingerprint density at radius 1 is 1.50 bits per heavy atom. The molecular formula is C11H14N2O. The second kappa shape index (κ2) is 3.70. The normalized spacial score (nSPS) is 15.1. The highest BCUT2D eigenvalue weighted by Crippen LogP contribution is 2.28. The van der Waals surface area contributed by atoms with Crippen molar-refractivity contribution in [3.63, 3.8) is 0 Å². The number of carbonyl (C=O) groups excluding carboxylic acids is 1. The van der Waals surface area contributed by atoms with Gasteiger partial charge in [0.2, 0.25) is 5.91 Å². The topological polar surface area (TPSA) is 55.1 Å². The van der Waals surface area contributed by atoms with E-state index in [9.17, 15) is 4.79 Å². The van der Waals surface area contributed by atoms with Crippen LogP contribution in [0, 0.1) is 5.92 Å². The fourth-order valence-corrected chi connectivity index (χ4v) is 1.38. The number of benzene rings is 1. The fraction of sp³-hybridized carbons (Fsp3) is 0.364. The predicted octanol–water partition coefficient (Wildman–Crippen LogP) is 1.29. The van der Waals surface area contributed by atoms with Crippen LogP contribution in [0.2, 0.25) is 0 Å². The van der Waals surface area contributed by atoms with Crippen molar-refractivity contribution in [2.75, 3.05) is 5.73 Å². The van der Waals surface area contributed by atoms with Gasteiger partial charge in [-0.15, -0.1) is 0 Å². The summed E-state index contributed by atoms with van der Waals surface area (Å²) < 4.78 is 0. The molecule has 1 saturated carbocycles. The molecule has 3 heteroatoms. The Morgan fingerprint density at radius 2 is 2.29 bits per heavy atom. The number of nitrogen functional groups attached to an aromatic ring is 1. The van der Waals surface area contributed by atoms with Gasteiger partial charge in [0.25, 0.3) is 0 Å². The third-order valence-electron chi connectivity index (χ3n) is 2.37. The zero-order valence-electron chi connectivity index (χ0n) is 7.99. The van der Waals surface area contributed by atoms with E-state index in [0.717, 1.165) is 24.1 Å². The van der Waals surface area contributed by atoms with Gasteiger partial charge < -0.3 is 11.1 Å². The summed E-state index contributed by atoms with van der Waals surface area (Å²) in [4.78, 5) is 11.3. The maximum atomic E-state index is 11.3. The lowest BCUT2D eigenvalue weighted by atomic mass is 10.2. The standard InChI is InChI=1S/C11H14N2O/c12-10-3-1-2-8(6-10)7-13-11(14)9-4-5-9/h1-3,6,9H,4-5,7,12H2,(H,13,14). The Labute approximate surface area is 83.3 Å². The van der Waals surface area contributed by atoms with Gasteiger partial charge in [-0.25, -0.2) is 0 Å². The average Bonchev–Trinajstić information content (AvgIpc) is 2.97. The molecule has 0 atom stereocenters. The molecule has 1 amide bonds. The lowest BCUT2D eigenvalue weighted by molar-refractivity contribution is -0.122. The first-order valence-electron chi connectivity index (χ1n) is 4.88. The summed E-state index contributed by atoms with van der Waals surface area (Å²) in [6.45, 7) is 0.584. The molecule has 0 saturated heterocycles. The monoisotopic (exact) mass is 190 g/mol. The molecule has 1 aliphatic rings. The van der Waals surface area contributed by atoms with Crippen molar-refractivity contribution in [3.05, 3.63) is 29.8 Å². The van der Waals surface area contributed by atoms with Crippen LogP contribution in [0.1, 0.15) is 18.4 Å². The minimum atomic E-state index is 0.174. The zero-order chi connectivity index (χ0) is 9.97. The molecule has 1 fully saturated rings. The molecular weight excluding hydrogens is 176 g/mol. The van der Waals surface area contributed by atoms with Crippen LogP contribution in [0.5, 0.6) is 0 Å². The van der Waals surface area contributed by atoms with E-state index in [1.54, 1.807) is 0 Å². The highest BCUT2D eigenvalue weighted by molar-refractivity contribution is 5.80. The van der Waals surface area contributed by atoms with Crippen LogP contribution < -0.4 is 11.1 Å². The number of nitrogens with one attached hydrogen (secondary N) is 1. The molecule has 0 spiro atoms. The summed E-state index contributed by atoms with van der Waals surface area (Å²) in [5, 5.41) is 2.89. The molecule has 1 aromatic rings. The van der Waals surface area contributed by atoms with Crippen LogP contribution >= 0.6 is 0 Å². The molecule has 2 rings (SSSR count). The number of carbonyl (C=O) groups is 1. The van der Waals surface area contributed by atoms with Gasteiger partial charge in [0.1, 0.15) is 0 Å². The number of hydrogen-bond donors (Lipinski definition) is 2. The van der Waals surface area contributed by atoms with Gasteiger partial charge in [-0.1, -0.05) is 12.1 Å². The number of hydrogen-bond acceptors (Lipinski definition) is 2. The van der Waals surface area contributed by atoms with E-state index >= 15 is 0 Å². The van der Waals surface area contributed by atoms with Crippen molar-refractivity contribution in [3.8, 4) is 0 Å². The van der Waals surface area contributed by atoms with E-state index in [-0.39, 0.29) is 11.8 Å². The Hall–Kier alpha value is -1.51. The molecule has 0 heterocycles. The maximum Gasteiger partial charge on any atom is 0.223 e. The van der Waals surface area contributed by atoms with Crippen LogP contribution in [-0.2, 0) is 11.3 Å². The fourth-order valence-electron chi connectivity index (χ4n) is 1.38. The van der Waals surface area contributed by atoms with Crippen LogP contribution in [0.15, 0.2) is 24.3 Å². The van der Waals surface area contributed by atoms with Gasteiger partial charge in [-0.05, 0) is 30.5 Å². The Bertz CT molecular complexity index is 345. The predicted molar refractivity (Wildman–Crippen MR) is 55.4 cm³/mol. The number of anilines is 1. The molecule has 0 radical (unpaired) electrons. The highest BCUT2D eigenvalue weighted by Gasteiger charge is 2.29. The molecule has 0 aromatic heterocycles. The molecule has 1 aromatic carbocycles. The largest absolute Gasteiger partial charge is 0.399 e. The Balaban J connectivity index is 1.87. The summed E-state index contributed by atoms with van der Waals surface area (Å²) in [5.74, 6) is 0.448. The van der Waals surface area contributed by atoms with E-state index in [0.29, 0.717) is 6.54 Å². The van der Waals surface area contributed by atoms with E-state index < -0.39 is 0 Å². The second-order valence-electron chi connectivity index (χ2n) is 3.74. The number of rotatable bonds is 3. The summed E-state index contributed by atoms with van der Waals surface area (Å²) in [7, 11) is 0. The van der Waals surface area contributed by atoms with Crippen LogP contribution in [0.3, 0.4) is 0 Å². The third kappa shape index (κ3) is 2.25. The van der Waals surface area contributed by atoms with Crippen LogP contribution in [-0.4, -0.2) is 5.91 Å². The zero-order valence-corrected chi connectivity index (χ0v) is 7.99. The van der Waals surface area contributed by atoms with E-state index in [4.69, 9.17) is 5.73 Å². The smallest absolute Gasteiger partial charge is 0.223 e. The molecule has 3 N–H and O–H groups in total. The molecule has 14 heavy (non-hydrogen) atoms. The van der Waals surface area contributed by atoms with E-state index in [1.807, 2.05) is 24.3 Å². The number of nitrogens with two attached hydrogens (primary N) is 1. The van der Waals surface area contributed by atoms with Gasteiger partial charge in [-0.3, -0.25) is 4.79 Å². The molecule has 0 aliphatic heterocycles. The lowest BCUT2D eigenvalue weighted by Crippen LogP contribution is -2.24. The van der Waals surface area contributed by atoms with E-state index in [1.165, 1.54) is 0 Å². The average molecular weight is 190 g/mol. The van der Waals surface area contributed by atoms with Gasteiger partial charge in [0.05, 0.1) is 0 Å². The van der Waals surface area contributed by atoms with Crippen molar-refractivity contribution in [2.45, 2.75) is 19.4 Å². The van der Waals surface area contributed by atoms with E-state index in [2.05, 4.69) is 5.32 Å². The minimum absolute atomic E-state index is 0.174. The van der Waals surface area contributed by atoms with Crippen molar-refractivity contribution in [1.29, 1.82) is 0 Å². The van der Waals surface area contributed by atoms with Gasteiger partial charge >= 0.3 is 0 Å². The minimum Gasteiger partial charge on any atom is -0.399 e. The Kier molecular flexibility index (Phi) is 2.39. The van der Waals surface area contributed by atoms with Gasteiger partial charge in [0, 0.05) is 18.2 Å². The summed E-state index contributed by atoms with van der Waals surface area (Å²) in [6, 6.07) is 7.58. The van der Waals surface area contributed by atoms with Crippen molar-refractivity contribution >= 4 is 11.6 Å². The SMILES string of the molecule is Nc1cccc(CNC(=O)C2CC2)c1. The first-order valence-corrected chi connectivity index (χ1v) is 4.88. The Morgan fingerprint density at radius 3 is 2.93 bits per heavy atom. The summed E-state index contributed by atoms with van der Waals surface area (Å²) in [6.07, 6.45) is 2.09. The number of amides is 1. The first-order chi connectivity index (χ1) is 6.75. The van der Waals surface area contributed by atoms with Crippen LogP contribution in [0.25, 0.3) is 0 Å². The summed E-state index contributed by atoms with van der Waals surface area (Å²) >= 11 is 0. The molecule has 74 valence electrons.